The topological polar surface area (TPSA) is 0 Å². The van der Waals surface area contributed by atoms with Crippen LogP contribution in [0.25, 0.3) is 0 Å². The van der Waals surface area contributed by atoms with Gasteiger partial charge < -0.3 is 0 Å². The fourth-order valence-electron chi connectivity index (χ4n) is 0.552. The predicted molar refractivity (Wildman–Crippen MR) is 43.8 cm³/mol. The van der Waals surface area contributed by atoms with Crippen molar-refractivity contribution in [3.8, 4) is 0 Å². The molecule has 0 saturated carbocycles. The summed E-state index contributed by atoms with van der Waals surface area (Å²) in [4.78, 5) is 0. The zero-order valence-corrected chi connectivity index (χ0v) is 7.03. The molecule has 0 N–H and O–H groups in total. The van der Waals surface area contributed by atoms with E-state index in [1.54, 1.807) is 19.9 Å². The average Bonchev–Trinajstić information content (AvgIpc) is 1.99. The van der Waals surface area contributed by atoms with Crippen LogP contribution >= 0.6 is 0 Å². The third-order valence-electron chi connectivity index (χ3n) is 1.52. The lowest BCUT2D eigenvalue weighted by atomic mass is 10.1. The summed E-state index contributed by atoms with van der Waals surface area (Å²) in [5, 5.41) is 0. The first-order valence-corrected chi connectivity index (χ1v) is 3.65. The van der Waals surface area contributed by atoms with Crippen LogP contribution in [0.1, 0.15) is 20.3 Å². The fourth-order valence-corrected chi connectivity index (χ4v) is 0.552. The SMILES string of the molecule is C=C(F)/C(C)=C\CC(C)CF. The lowest BCUT2D eigenvalue weighted by Gasteiger charge is -2.01. The number of halogens is 2. The Morgan fingerprint density at radius 2 is 2.18 bits per heavy atom. The van der Waals surface area contributed by atoms with Gasteiger partial charge in [-0.05, 0) is 24.8 Å². The Morgan fingerprint density at radius 1 is 1.64 bits per heavy atom. The van der Waals surface area contributed by atoms with E-state index in [1.807, 2.05) is 0 Å². The first-order valence-electron chi connectivity index (χ1n) is 3.65. The van der Waals surface area contributed by atoms with Crippen LogP contribution < -0.4 is 0 Å². The van der Waals surface area contributed by atoms with Gasteiger partial charge in [0.15, 0.2) is 0 Å². The highest BCUT2D eigenvalue weighted by atomic mass is 19.1. The number of allylic oxidation sites excluding steroid dienone is 3. The molecule has 0 amide bonds. The summed E-state index contributed by atoms with van der Waals surface area (Å²) in [6.07, 6.45) is 2.25. The standard InChI is InChI=1S/C9H14F2/c1-7(6-10)4-5-8(2)9(3)11/h5,7H,3-4,6H2,1-2H3/b8-5-. The molecule has 0 aliphatic heterocycles. The van der Waals surface area contributed by atoms with Crippen molar-refractivity contribution in [3.63, 3.8) is 0 Å². The van der Waals surface area contributed by atoms with Gasteiger partial charge in [-0.25, -0.2) is 4.39 Å². The van der Waals surface area contributed by atoms with Crippen LogP contribution in [0, 0.1) is 5.92 Å². The minimum absolute atomic E-state index is 0.0238. The van der Waals surface area contributed by atoms with Gasteiger partial charge in [0.05, 0.1) is 6.67 Å². The van der Waals surface area contributed by atoms with Crippen LogP contribution in [0.15, 0.2) is 24.1 Å². The van der Waals surface area contributed by atoms with Crippen LogP contribution in [0.2, 0.25) is 0 Å². The number of hydrogen-bond donors (Lipinski definition) is 0. The summed E-state index contributed by atoms with van der Waals surface area (Å²) in [5.41, 5.74) is 0.505. The summed E-state index contributed by atoms with van der Waals surface area (Å²) >= 11 is 0. The molecule has 0 bridgehead atoms. The highest BCUT2D eigenvalue weighted by Gasteiger charge is 1.99. The van der Waals surface area contributed by atoms with Gasteiger partial charge in [0.25, 0.3) is 0 Å². The van der Waals surface area contributed by atoms with E-state index in [9.17, 15) is 8.78 Å². The van der Waals surface area contributed by atoms with Crippen molar-refractivity contribution >= 4 is 0 Å². The van der Waals surface area contributed by atoms with E-state index in [1.165, 1.54) is 0 Å². The maximum Gasteiger partial charge on any atom is 0.118 e. The van der Waals surface area contributed by atoms with Crippen molar-refractivity contribution in [1.82, 2.24) is 0 Å². The normalized spacial score (nSPS) is 14.7. The smallest absolute Gasteiger partial charge is 0.118 e. The molecule has 0 aromatic heterocycles. The van der Waals surface area contributed by atoms with Crippen LogP contribution in [-0.4, -0.2) is 6.67 Å². The Bertz CT molecular complexity index is 159. The highest BCUT2D eigenvalue weighted by Crippen LogP contribution is 2.11. The third-order valence-corrected chi connectivity index (χ3v) is 1.52. The molecular formula is C9H14F2. The minimum Gasteiger partial charge on any atom is -0.251 e. The van der Waals surface area contributed by atoms with Gasteiger partial charge >= 0.3 is 0 Å². The van der Waals surface area contributed by atoms with Gasteiger partial charge in [-0.1, -0.05) is 19.6 Å². The maximum atomic E-state index is 12.3. The molecule has 1 atom stereocenters. The van der Waals surface area contributed by atoms with Crippen LogP contribution in [0.5, 0.6) is 0 Å². The number of alkyl halides is 1. The molecule has 0 nitrogen and oxygen atoms in total. The van der Waals surface area contributed by atoms with Crippen LogP contribution in [-0.2, 0) is 0 Å². The van der Waals surface area contributed by atoms with E-state index in [4.69, 9.17) is 0 Å². The zero-order valence-electron chi connectivity index (χ0n) is 7.03. The van der Waals surface area contributed by atoms with E-state index in [2.05, 4.69) is 6.58 Å². The highest BCUT2D eigenvalue weighted by molar-refractivity contribution is 5.19. The summed E-state index contributed by atoms with van der Waals surface area (Å²) in [6.45, 7) is 6.19. The molecular weight excluding hydrogens is 146 g/mol. The van der Waals surface area contributed by atoms with Crippen molar-refractivity contribution in [2.24, 2.45) is 5.92 Å². The van der Waals surface area contributed by atoms with E-state index < -0.39 is 5.83 Å². The Kier molecular flexibility index (Phi) is 4.75. The molecule has 0 heterocycles. The largest absolute Gasteiger partial charge is 0.251 e. The second kappa shape index (κ2) is 5.05. The van der Waals surface area contributed by atoms with Crippen molar-refractivity contribution in [1.29, 1.82) is 0 Å². The molecule has 0 rings (SSSR count). The monoisotopic (exact) mass is 160 g/mol. The molecule has 0 aliphatic rings. The molecule has 0 aromatic carbocycles. The molecule has 0 saturated heterocycles. The van der Waals surface area contributed by atoms with Crippen molar-refractivity contribution < 1.29 is 8.78 Å². The molecule has 1 unspecified atom stereocenters. The Morgan fingerprint density at radius 3 is 2.55 bits per heavy atom. The van der Waals surface area contributed by atoms with E-state index in [0.29, 0.717) is 12.0 Å². The van der Waals surface area contributed by atoms with Crippen LogP contribution in [0.3, 0.4) is 0 Å². The van der Waals surface area contributed by atoms with Gasteiger partial charge in [-0.15, -0.1) is 0 Å². The van der Waals surface area contributed by atoms with Gasteiger partial charge in [0, 0.05) is 0 Å². The van der Waals surface area contributed by atoms with Gasteiger partial charge in [0.1, 0.15) is 5.83 Å². The Labute approximate surface area is 66.6 Å². The Balaban J connectivity index is 3.82. The van der Waals surface area contributed by atoms with Gasteiger partial charge in [-0.2, -0.15) is 0 Å². The minimum atomic E-state index is -0.434. The molecule has 11 heavy (non-hydrogen) atoms. The van der Waals surface area contributed by atoms with E-state index in [-0.39, 0.29) is 12.6 Å². The summed E-state index contributed by atoms with van der Waals surface area (Å²) in [6, 6.07) is 0. The van der Waals surface area contributed by atoms with E-state index >= 15 is 0 Å². The van der Waals surface area contributed by atoms with Gasteiger partial charge in [0.2, 0.25) is 0 Å². The molecule has 0 radical (unpaired) electrons. The van der Waals surface area contributed by atoms with Crippen molar-refractivity contribution in [3.05, 3.63) is 24.1 Å². The predicted octanol–water partition coefficient (Wildman–Crippen LogP) is 3.41. The number of rotatable bonds is 4. The molecule has 2 heteroatoms. The van der Waals surface area contributed by atoms with Crippen LogP contribution in [0.4, 0.5) is 8.78 Å². The third kappa shape index (κ3) is 4.71. The maximum absolute atomic E-state index is 12.3. The van der Waals surface area contributed by atoms with Crippen molar-refractivity contribution in [2.75, 3.05) is 6.67 Å². The molecule has 0 aliphatic carbocycles. The number of hydrogen-bond acceptors (Lipinski definition) is 0. The van der Waals surface area contributed by atoms with Crippen molar-refractivity contribution in [2.45, 2.75) is 20.3 Å². The lowest BCUT2D eigenvalue weighted by molar-refractivity contribution is 0.385. The molecule has 0 aromatic rings. The molecule has 0 fully saturated rings. The second-order valence-electron chi connectivity index (χ2n) is 2.79. The first kappa shape index (κ1) is 10.3. The lowest BCUT2D eigenvalue weighted by Crippen LogP contribution is -1.94. The average molecular weight is 160 g/mol. The summed E-state index contributed by atoms with van der Waals surface area (Å²) in [7, 11) is 0. The van der Waals surface area contributed by atoms with E-state index in [0.717, 1.165) is 0 Å². The van der Waals surface area contributed by atoms with Gasteiger partial charge in [-0.3, -0.25) is 4.39 Å². The summed E-state index contributed by atoms with van der Waals surface area (Å²) in [5.74, 6) is -0.458. The fraction of sp³-hybridized carbons (Fsp3) is 0.556. The molecule has 64 valence electrons. The molecule has 0 spiro atoms. The quantitative estimate of drug-likeness (QED) is 0.553. The Hall–Kier alpha value is -0.660. The summed E-state index contributed by atoms with van der Waals surface area (Å²) < 4.78 is 24.2. The zero-order chi connectivity index (χ0) is 8.85. The second-order valence-corrected chi connectivity index (χ2v) is 2.79. The first-order chi connectivity index (χ1) is 5.07.